The summed E-state index contributed by atoms with van der Waals surface area (Å²) in [6.07, 6.45) is -3.96. The zero-order valence-corrected chi connectivity index (χ0v) is 19.4. The molecular formula is C25H21F3N4O2S. The zero-order chi connectivity index (χ0) is 24.8. The van der Waals surface area contributed by atoms with Crippen molar-refractivity contribution in [2.45, 2.75) is 17.8 Å². The quantitative estimate of drug-likeness (QED) is 0.320. The number of hydrogen-bond acceptors (Lipinski definition) is 5. The number of nitrogens with zero attached hydrogens (tertiary/aromatic N) is 3. The summed E-state index contributed by atoms with van der Waals surface area (Å²) in [4.78, 5) is 12.5. The van der Waals surface area contributed by atoms with Gasteiger partial charge < -0.3 is 10.1 Å². The highest BCUT2D eigenvalue weighted by Gasteiger charge is 2.30. The van der Waals surface area contributed by atoms with Gasteiger partial charge in [0.25, 0.3) is 0 Å². The number of halogens is 3. The SMILES string of the molecule is COc1ccc(-n2c(Cc3ccccc3)nnc2SCC(=O)Nc2cccc(C(F)(F)F)c2)cc1. The van der Waals surface area contributed by atoms with Crippen LogP contribution in [0.25, 0.3) is 5.69 Å². The molecular weight excluding hydrogens is 477 g/mol. The number of benzene rings is 3. The summed E-state index contributed by atoms with van der Waals surface area (Å²) in [7, 11) is 1.58. The summed E-state index contributed by atoms with van der Waals surface area (Å²) in [6, 6.07) is 21.7. The van der Waals surface area contributed by atoms with Crippen molar-refractivity contribution in [3.63, 3.8) is 0 Å². The third-order valence-electron chi connectivity index (χ3n) is 5.04. The van der Waals surface area contributed by atoms with Gasteiger partial charge in [0.05, 0.1) is 18.4 Å². The van der Waals surface area contributed by atoms with Crippen LogP contribution in [0.3, 0.4) is 0 Å². The monoisotopic (exact) mass is 498 g/mol. The van der Waals surface area contributed by atoms with Gasteiger partial charge in [0.1, 0.15) is 11.6 Å². The van der Waals surface area contributed by atoms with Gasteiger partial charge in [-0.25, -0.2) is 0 Å². The van der Waals surface area contributed by atoms with E-state index in [1.807, 2.05) is 59.2 Å². The van der Waals surface area contributed by atoms with Crippen LogP contribution in [0.5, 0.6) is 5.75 Å². The number of carbonyl (C=O) groups is 1. The Bertz CT molecular complexity index is 1290. The molecule has 1 heterocycles. The van der Waals surface area contributed by atoms with Crippen LogP contribution in [-0.2, 0) is 17.4 Å². The molecule has 3 aromatic carbocycles. The topological polar surface area (TPSA) is 69.0 Å². The first-order valence-electron chi connectivity index (χ1n) is 10.6. The molecule has 4 aromatic rings. The van der Waals surface area contributed by atoms with Crippen molar-refractivity contribution in [2.24, 2.45) is 0 Å². The van der Waals surface area contributed by atoms with Crippen molar-refractivity contribution in [3.8, 4) is 11.4 Å². The van der Waals surface area contributed by atoms with Gasteiger partial charge in [-0.15, -0.1) is 10.2 Å². The lowest BCUT2D eigenvalue weighted by Gasteiger charge is -2.12. The lowest BCUT2D eigenvalue weighted by molar-refractivity contribution is -0.137. The number of anilines is 1. The number of amides is 1. The Morgan fingerprint density at radius 1 is 1.00 bits per heavy atom. The third kappa shape index (κ3) is 6.21. The van der Waals surface area contributed by atoms with Crippen LogP contribution in [0.2, 0.25) is 0 Å². The van der Waals surface area contributed by atoms with E-state index in [2.05, 4.69) is 15.5 Å². The van der Waals surface area contributed by atoms with E-state index < -0.39 is 17.6 Å². The lowest BCUT2D eigenvalue weighted by Crippen LogP contribution is -2.15. The van der Waals surface area contributed by atoms with Crippen LogP contribution < -0.4 is 10.1 Å². The number of nitrogens with one attached hydrogen (secondary N) is 1. The van der Waals surface area contributed by atoms with E-state index in [4.69, 9.17) is 4.74 Å². The van der Waals surface area contributed by atoms with Crippen LogP contribution in [0, 0.1) is 0 Å². The number of alkyl halides is 3. The van der Waals surface area contributed by atoms with Gasteiger partial charge in [-0.1, -0.05) is 48.2 Å². The van der Waals surface area contributed by atoms with Gasteiger partial charge >= 0.3 is 6.18 Å². The number of thioether (sulfide) groups is 1. The van der Waals surface area contributed by atoms with E-state index >= 15 is 0 Å². The second-order valence-electron chi connectivity index (χ2n) is 7.51. The molecule has 4 rings (SSSR count). The van der Waals surface area contributed by atoms with E-state index in [-0.39, 0.29) is 11.4 Å². The van der Waals surface area contributed by atoms with Crippen molar-refractivity contribution in [1.82, 2.24) is 14.8 Å². The number of hydrogen-bond donors (Lipinski definition) is 1. The van der Waals surface area contributed by atoms with Crippen molar-refractivity contribution >= 4 is 23.4 Å². The normalized spacial score (nSPS) is 11.3. The van der Waals surface area contributed by atoms with Crippen LogP contribution >= 0.6 is 11.8 Å². The van der Waals surface area contributed by atoms with Crippen molar-refractivity contribution in [3.05, 3.63) is 95.8 Å². The van der Waals surface area contributed by atoms with E-state index in [0.29, 0.717) is 23.2 Å². The molecule has 35 heavy (non-hydrogen) atoms. The molecule has 0 unspecified atom stereocenters. The standard InChI is InChI=1S/C25H21F3N4O2S/c1-34-21-12-10-20(11-13-21)32-22(14-17-6-3-2-4-7-17)30-31-24(32)35-16-23(33)29-19-9-5-8-18(15-19)25(26,27)28/h2-13,15H,14,16H2,1H3,(H,29,33). The molecule has 1 amide bonds. The molecule has 0 aliphatic carbocycles. The fourth-order valence-electron chi connectivity index (χ4n) is 3.38. The molecule has 0 saturated carbocycles. The number of carbonyl (C=O) groups excluding carboxylic acids is 1. The molecule has 0 aliphatic heterocycles. The predicted molar refractivity (Wildman–Crippen MR) is 128 cm³/mol. The molecule has 0 fully saturated rings. The first-order chi connectivity index (χ1) is 16.8. The Morgan fingerprint density at radius 2 is 1.74 bits per heavy atom. The van der Waals surface area contributed by atoms with E-state index in [0.717, 1.165) is 35.1 Å². The largest absolute Gasteiger partial charge is 0.497 e. The third-order valence-corrected chi connectivity index (χ3v) is 5.97. The second kappa shape index (κ2) is 10.6. The summed E-state index contributed by atoms with van der Waals surface area (Å²) >= 11 is 1.14. The molecule has 0 aliphatic rings. The smallest absolute Gasteiger partial charge is 0.416 e. The highest BCUT2D eigenvalue weighted by atomic mass is 32.2. The molecule has 0 bridgehead atoms. The van der Waals surface area contributed by atoms with Crippen molar-refractivity contribution in [2.75, 3.05) is 18.2 Å². The van der Waals surface area contributed by atoms with Crippen LogP contribution in [0.4, 0.5) is 18.9 Å². The predicted octanol–water partition coefficient (Wildman–Crippen LogP) is 5.62. The maximum absolute atomic E-state index is 12.9. The van der Waals surface area contributed by atoms with Crippen LogP contribution in [0.1, 0.15) is 17.0 Å². The summed E-state index contributed by atoms with van der Waals surface area (Å²) in [5, 5.41) is 11.6. The number of ether oxygens (including phenoxy) is 1. The summed E-state index contributed by atoms with van der Waals surface area (Å²) in [6.45, 7) is 0. The fraction of sp³-hybridized carbons (Fsp3) is 0.160. The van der Waals surface area contributed by atoms with Crippen LogP contribution in [0.15, 0.2) is 84.0 Å². The molecule has 6 nitrogen and oxygen atoms in total. The summed E-state index contributed by atoms with van der Waals surface area (Å²) < 4.78 is 45.9. The number of rotatable bonds is 8. The molecule has 1 N–H and O–H groups in total. The van der Waals surface area contributed by atoms with E-state index in [1.165, 1.54) is 12.1 Å². The van der Waals surface area contributed by atoms with Gasteiger partial charge in [0.15, 0.2) is 5.16 Å². The fourth-order valence-corrected chi connectivity index (χ4v) is 4.15. The minimum absolute atomic E-state index is 0.0597. The Kier molecular flexibility index (Phi) is 7.40. The molecule has 180 valence electrons. The maximum atomic E-state index is 12.9. The Hall–Kier alpha value is -3.79. The van der Waals surface area contributed by atoms with Gasteiger partial charge in [-0.2, -0.15) is 13.2 Å². The van der Waals surface area contributed by atoms with E-state index in [1.54, 1.807) is 7.11 Å². The first-order valence-corrected chi connectivity index (χ1v) is 11.5. The molecule has 10 heteroatoms. The minimum Gasteiger partial charge on any atom is -0.497 e. The average Bonchev–Trinajstić information content (AvgIpc) is 3.25. The highest BCUT2D eigenvalue weighted by Crippen LogP contribution is 2.31. The van der Waals surface area contributed by atoms with E-state index in [9.17, 15) is 18.0 Å². The Labute approximate surface area is 204 Å². The maximum Gasteiger partial charge on any atom is 0.416 e. The van der Waals surface area contributed by atoms with Gasteiger partial charge in [0.2, 0.25) is 5.91 Å². The molecule has 0 atom stereocenters. The first kappa shape index (κ1) is 24.3. The summed E-state index contributed by atoms with van der Waals surface area (Å²) in [5.74, 6) is 0.863. The molecule has 0 saturated heterocycles. The van der Waals surface area contributed by atoms with Crippen molar-refractivity contribution in [1.29, 1.82) is 0 Å². The van der Waals surface area contributed by atoms with Gasteiger partial charge in [-0.05, 0) is 48.0 Å². The molecule has 0 spiro atoms. The number of methoxy groups -OCH3 is 1. The minimum atomic E-state index is -4.49. The number of aromatic nitrogens is 3. The molecule has 1 aromatic heterocycles. The highest BCUT2D eigenvalue weighted by molar-refractivity contribution is 7.99. The Balaban J connectivity index is 1.53. The van der Waals surface area contributed by atoms with Gasteiger partial charge in [-0.3, -0.25) is 9.36 Å². The zero-order valence-electron chi connectivity index (χ0n) is 18.6. The van der Waals surface area contributed by atoms with Crippen LogP contribution in [-0.4, -0.2) is 33.5 Å². The molecule has 0 radical (unpaired) electrons. The average molecular weight is 499 g/mol. The van der Waals surface area contributed by atoms with Crippen molar-refractivity contribution < 1.29 is 22.7 Å². The summed E-state index contributed by atoms with van der Waals surface area (Å²) in [5.41, 5.74) is 1.09. The second-order valence-corrected chi connectivity index (χ2v) is 8.45. The Morgan fingerprint density at radius 3 is 2.43 bits per heavy atom. The lowest BCUT2D eigenvalue weighted by atomic mass is 10.1. The van der Waals surface area contributed by atoms with Gasteiger partial charge in [0, 0.05) is 17.8 Å².